The van der Waals surface area contributed by atoms with Crippen LogP contribution >= 0.6 is 0 Å². The van der Waals surface area contributed by atoms with Crippen molar-refractivity contribution in [1.29, 1.82) is 0 Å². The van der Waals surface area contributed by atoms with Crippen molar-refractivity contribution in [2.75, 3.05) is 25.7 Å². The van der Waals surface area contributed by atoms with E-state index in [4.69, 9.17) is 9.47 Å². The van der Waals surface area contributed by atoms with Gasteiger partial charge in [-0.25, -0.2) is 0 Å². The largest absolute Gasteiger partial charge is 0.493 e. The molecule has 2 rings (SSSR count). The maximum atomic E-state index is 12.7. The molecule has 122 valence electrons. The van der Waals surface area contributed by atoms with E-state index in [-0.39, 0.29) is 5.91 Å². The topological polar surface area (TPSA) is 38.8 Å². The molecule has 0 saturated carbocycles. The average Bonchev–Trinajstić information content (AvgIpc) is 2.57. The van der Waals surface area contributed by atoms with E-state index in [9.17, 15) is 4.79 Å². The average molecular weight is 313 g/mol. The third-order valence-electron chi connectivity index (χ3n) is 3.83. The Labute approximate surface area is 137 Å². The zero-order chi connectivity index (χ0) is 16.8. The Morgan fingerprint density at radius 2 is 1.74 bits per heavy atom. The van der Waals surface area contributed by atoms with Crippen molar-refractivity contribution in [3.05, 3.63) is 53.6 Å². The molecular formula is C19H23NO3. The molecule has 0 unspecified atom stereocenters. The molecule has 1 amide bonds. The van der Waals surface area contributed by atoms with Gasteiger partial charge in [0.2, 0.25) is 5.91 Å². The molecule has 0 bridgehead atoms. The van der Waals surface area contributed by atoms with E-state index >= 15 is 0 Å². The van der Waals surface area contributed by atoms with Crippen molar-refractivity contribution in [3.63, 3.8) is 0 Å². The summed E-state index contributed by atoms with van der Waals surface area (Å²) in [7, 11) is 3.19. The predicted octanol–water partition coefficient (Wildman–Crippen LogP) is 3.61. The number of hydrogen-bond donors (Lipinski definition) is 0. The number of aryl methyl sites for hydroxylation is 1. The minimum atomic E-state index is 0.0639. The first-order chi connectivity index (χ1) is 11.1. The van der Waals surface area contributed by atoms with Crippen LogP contribution in [-0.4, -0.2) is 26.7 Å². The molecular weight excluding hydrogens is 290 g/mol. The van der Waals surface area contributed by atoms with Crippen molar-refractivity contribution in [2.24, 2.45) is 0 Å². The van der Waals surface area contributed by atoms with E-state index in [0.717, 1.165) is 16.8 Å². The molecule has 0 aliphatic rings. The molecule has 0 saturated heterocycles. The highest BCUT2D eigenvalue weighted by Crippen LogP contribution is 2.28. The minimum absolute atomic E-state index is 0.0639. The lowest BCUT2D eigenvalue weighted by molar-refractivity contribution is -0.117. The molecule has 0 aliphatic heterocycles. The monoisotopic (exact) mass is 313 g/mol. The molecule has 4 nitrogen and oxygen atoms in total. The van der Waals surface area contributed by atoms with Crippen molar-refractivity contribution >= 4 is 11.6 Å². The zero-order valence-corrected chi connectivity index (χ0v) is 14.1. The molecule has 0 atom stereocenters. The minimum Gasteiger partial charge on any atom is -0.493 e. The van der Waals surface area contributed by atoms with Gasteiger partial charge < -0.3 is 14.4 Å². The van der Waals surface area contributed by atoms with E-state index < -0.39 is 0 Å². The maximum Gasteiger partial charge on any atom is 0.231 e. The first-order valence-corrected chi connectivity index (χ1v) is 7.67. The van der Waals surface area contributed by atoms with Crippen molar-refractivity contribution in [2.45, 2.75) is 20.3 Å². The van der Waals surface area contributed by atoms with Gasteiger partial charge in [-0.15, -0.1) is 0 Å². The van der Waals surface area contributed by atoms with Gasteiger partial charge in [-0.05, 0) is 43.2 Å². The SMILES string of the molecule is CCN(C(=O)Cc1ccc(OC)c(OC)c1)c1ccccc1C. The number of para-hydroxylation sites is 1. The molecule has 0 heterocycles. The van der Waals surface area contributed by atoms with Crippen LogP contribution in [0.25, 0.3) is 0 Å². The molecule has 4 heteroatoms. The fourth-order valence-corrected chi connectivity index (χ4v) is 2.61. The second-order valence-electron chi connectivity index (χ2n) is 5.29. The van der Waals surface area contributed by atoms with Crippen LogP contribution < -0.4 is 14.4 Å². The molecule has 0 N–H and O–H groups in total. The second-order valence-corrected chi connectivity index (χ2v) is 5.29. The van der Waals surface area contributed by atoms with Crippen LogP contribution in [0.15, 0.2) is 42.5 Å². The number of rotatable bonds is 6. The standard InChI is InChI=1S/C19H23NO3/c1-5-20(16-9-7-6-8-14(16)2)19(21)13-15-10-11-17(22-3)18(12-15)23-4/h6-12H,5,13H2,1-4H3. The van der Waals surface area contributed by atoms with Crippen LogP contribution in [0.5, 0.6) is 11.5 Å². The second kappa shape index (κ2) is 7.68. The van der Waals surface area contributed by atoms with Crippen LogP contribution in [0, 0.1) is 6.92 Å². The molecule has 2 aromatic rings. The van der Waals surface area contributed by atoms with Crippen molar-refractivity contribution < 1.29 is 14.3 Å². The summed E-state index contributed by atoms with van der Waals surface area (Å²) in [6.45, 7) is 4.64. The number of carbonyl (C=O) groups excluding carboxylic acids is 1. The van der Waals surface area contributed by atoms with E-state index in [0.29, 0.717) is 24.5 Å². The van der Waals surface area contributed by atoms with Gasteiger partial charge in [-0.2, -0.15) is 0 Å². The first-order valence-electron chi connectivity index (χ1n) is 7.67. The highest BCUT2D eigenvalue weighted by atomic mass is 16.5. The van der Waals surface area contributed by atoms with E-state index in [1.807, 2.05) is 61.2 Å². The van der Waals surface area contributed by atoms with Gasteiger partial charge in [0.25, 0.3) is 0 Å². The van der Waals surface area contributed by atoms with Crippen LogP contribution in [0.3, 0.4) is 0 Å². The molecule has 2 aromatic carbocycles. The van der Waals surface area contributed by atoms with E-state index in [1.165, 1.54) is 0 Å². The van der Waals surface area contributed by atoms with Crippen LogP contribution in [-0.2, 0) is 11.2 Å². The normalized spacial score (nSPS) is 10.3. The number of benzene rings is 2. The first kappa shape index (κ1) is 16.9. The van der Waals surface area contributed by atoms with Crippen molar-refractivity contribution in [1.82, 2.24) is 0 Å². The Morgan fingerprint density at radius 3 is 2.35 bits per heavy atom. The summed E-state index contributed by atoms with van der Waals surface area (Å²) >= 11 is 0. The summed E-state index contributed by atoms with van der Waals surface area (Å²) in [5.41, 5.74) is 2.95. The summed E-state index contributed by atoms with van der Waals surface area (Å²) < 4.78 is 10.5. The summed E-state index contributed by atoms with van der Waals surface area (Å²) in [6, 6.07) is 13.5. The summed E-state index contributed by atoms with van der Waals surface area (Å²) in [4.78, 5) is 14.5. The highest BCUT2D eigenvalue weighted by molar-refractivity contribution is 5.95. The Morgan fingerprint density at radius 1 is 1.04 bits per heavy atom. The van der Waals surface area contributed by atoms with Gasteiger partial charge in [0.05, 0.1) is 20.6 Å². The number of methoxy groups -OCH3 is 2. The Bertz CT molecular complexity index is 682. The number of ether oxygens (including phenoxy) is 2. The fraction of sp³-hybridized carbons (Fsp3) is 0.316. The van der Waals surface area contributed by atoms with Gasteiger partial charge in [-0.1, -0.05) is 24.3 Å². The number of likely N-dealkylation sites (N-methyl/N-ethyl adjacent to an activating group) is 1. The Balaban J connectivity index is 2.22. The molecule has 0 aromatic heterocycles. The molecule has 0 fully saturated rings. The highest BCUT2D eigenvalue weighted by Gasteiger charge is 2.17. The third-order valence-corrected chi connectivity index (χ3v) is 3.83. The van der Waals surface area contributed by atoms with E-state index in [2.05, 4.69) is 0 Å². The smallest absolute Gasteiger partial charge is 0.231 e. The summed E-state index contributed by atoms with van der Waals surface area (Å²) in [5, 5.41) is 0. The number of hydrogen-bond acceptors (Lipinski definition) is 3. The lowest BCUT2D eigenvalue weighted by Crippen LogP contribution is -2.32. The molecule has 0 radical (unpaired) electrons. The quantitative estimate of drug-likeness (QED) is 0.818. The number of anilines is 1. The van der Waals surface area contributed by atoms with Crippen molar-refractivity contribution in [3.8, 4) is 11.5 Å². The fourth-order valence-electron chi connectivity index (χ4n) is 2.61. The summed E-state index contributed by atoms with van der Waals surface area (Å²) in [5.74, 6) is 1.36. The Hall–Kier alpha value is -2.49. The predicted molar refractivity (Wildman–Crippen MR) is 92.5 cm³/mol. The van der Waals surface area contributed by atoms with Gasteiger partial charge in [0, 0.05) is 12.2 Å². The number of carbonyl (C=O) groups is 1. The molecule has 0 aliphatic carbocycles. The lowest BCUT2D eigenvalue weighted by atomic mass is 10.1. The summed E-state index contributed by atoms with van der Waals surface area (Å²) in [6.07, 6.45) is 0.322. The molecule has 23 heavy (non-hydrogen) atoms. The van der Waals surface area contributed by atoms with Crippen LogP contribution in [0.2, 0.25) is 0 Å². The lowest BCUT2D eigenvalue weighted by Gasteiger charge is -2.23. The Kier molecular flexibility index (Phi) is 5.63. The van der Waals surface area contributed by atoms with Gasteiger partial charge >= 0.3 is 0 Å². The molecule has 0 spiro atoms. The zero-order valence-electron chi connectivity index (χ0n) is 14.1. The van der Waals surface area contributed by atoms with Gasteiger partial charge in [-0.3, -0.25) is 4.79 Å². The maximum absolute atomic E-state index is 12.7. The van der Waals surface area contributed by atoms with Crippen LogP contribution in [0.1, 0.15) is 18.1 Å². The van der Waals surface area contributed by atoms with Gasteiger partial charge in [0.1, 0.15) is 0 Å². The number of amides is 1. The van der Waals surface area contributed by atoms with E-state index in [1.54, 1.807) is 14.2 Å². The van der Waals surface area contributed by atoms with Gasteiger partial charge in [0.15, 0.2) is 11.5 Å². The number of nitrogens with zero attached hydrogens (tertiary/aromatic N) is 1. The third kappa shape index (κ3) is 3.83. The van der Waals surface area contributed by atoms with Crippen LogP contribution in [0.4, 0.5) is 5.69 Å².